The minimum Gasteiger partial charge on any atom is -0.495 e. The molecule has 0 aliphatic carbocycles. The molecule has 1 aromatic carbocycles. The third-order valence-electron chi connectivity index (χ3n) is 2.94. The number of nitrogens with one attached hydrogen (secondary N) is 1. The van der Waals surface area contributed by atoms with Crippen molar-refractivity contribution in [1.82, 2.24) is 9.38 Å². The molecular weight excluding hydrogens is 290 g/mol. The van der Waals surface area contributed by atoms with Crippen LogP contribution in [0.5, 0.6) is 5.75 Å². The van der Waals surface area contributed by atoms with Gasteiger partial charge in [0.15, 0.2) is 4.96 Å². The van der Waals surface area contributed by atoms with Crippen molar-refractivity contribution in [1.29, 1.82) is 0 Å². The normalized spacial score (nSPS) is 10.5. The number of carbonyl (C=O) groups is 1. The van der Waals surface area contributed by atoms with Gasteiger partial charge >= 0.3 is 0 Å². The van der Waals surface area contributed by atoms with Crippen molar-refractivity contribution in [2.45, 2.75) is 0 Å². The zero-order valence-corrected chi connectivity index (χ0v) is 11.9. The predicted molar refractivity (Wildman–Crippen MR) is 80.3 cm³/mol. The van der Waals surface area contributed by atoms with Crippen LogP contribution in [0.25, 0.3) is 4.96 Å². The average Bonchev–Trinajstić information content (AvgIpc) is 2.97. The molecule has 106 valence electrons. The second-order valence-corrected chi connectivity index (χ2v) is 5.06. The van der Waals surface area contributed by atoms with Crippen LogP contribution < -0.4 is 15.6 Å². The molecule has 0 saturated heterocycles. The number of carbonyl (C=O) groups excluding carboxylic acids is 1. The van der Waals surface area contributed by atoms with E-state index in [1.807, 2.05) is 0 Å². The maximum Gasteiger partial charge on any atom is 0.271 e. The summed E-state index contributed by atoms with van der Waals surface area (Å²) >= 11 is 1.33. The minimum atomic E-state index is -0.516. The standard InChI is InChI=1S/C14H11N3O3S/c1-20-11-5-3-2-4-10(11)16-12(18)9-8-15-14-17(13(9)19)6-7-21-14/h2-8H,1H3,(H,16,18). The van der Waals surface area contributed by atoms with Gasteiger partial charge in [-0.05, 0) is 12.1 Å². The van der Waals surface area contributed by atoms with Gasteiger partial charge in [0, 0.05) is 17.8 Å². The Morgan fingerprint density at radius 3 is 3.00 bits per heavy atom. The number of ether oxygens (including phenoxy) is 1. The molecule has 1 amide bonds. The number of aromatic nitrogens is 2. The van der Waals surface area contributed by atoms with Crippen LogP contribution in [0.4, 0.5) is 5.69 Å². The molecule has 0 saturated carbocycles. The lowest BCUT2D eigenvalue weighted by molar-refractivity contribution is 0.102. The molecule has 2 heterocycles. The number of thiazole rings is 1. The highest BCUT2D eigenvalue weighted by atomic mass is 32.1. The second-order valence-electron chi connectivity index (χ2n) is 4.19. The summed E-state index contributed by atoms with van der Waals surface area (Å²) in [4.78, 5) is 29.1. The van der Waals surface area contributed by atoms with Crippen molar-refractivity contribution in [2.24, 2.45) is 0 Å². The predicted octanol–water partition coefficient (Wildman–Crippen LogP) is 2.02. The van der Waals surface area contributed by atoms with Gasteiger partial charge in [-0.25, -0.2) is 4.98 Å². The minimum absolute atomic E-state index is 0.0168. The first-order chi connectivity index (χ1) is 10.2. The first kappa shape index (κ1) is 13.3. The number of rotatable bonds is 3. The molecule has 0 aliphatic rings. The molecule has 7 heteroatoms. The van der Waals surface area contributed by atoms with E-state index in [-0.39, 0.29) is 5.56 Å². The summed E-state index contributed by atoms with van der Waals surface area (Å²) in [7, 11) is 1.51. The van der Waals surface area contributed by atoms with E-state index < -0.39 is 11.5 Å². The number of benzene rings is 1. The van der Waals surface area contributed by atoms with Crippen molar-refractivity contribution < 1.29 is 9.53 Å². The van der Waals surface area contributed by atoms with Crippen LogP contribution in [0.15, 0.2) is 46.8 Å². The van der Waals surface area contributed by atoms with Gasteiger partial charge in [0.25, 0.3) is 11.5 Å². The van der Waals surface area contributed by atoms with Gasteiger partial charge in [-0.2, -0.15) is 0 Å². The zero-order chi connectivity index (χ0) is 14.8. The van der Waals surface area contributed by atoms with E-state index in [9.17, 15) is 9.59 Å². The Morgan fingerprint density at radius 2 is 2.19 bits per heavy atom. The van der Waals surface area contributed by atoms with Crippen LogP contribution in [0.1, 0.15) is 10.4 Å². The molecule has 3 aromatic rings. The van der Waals surface area contributed by atoms with E-state index in [1.165, 1.54) is 29.0 Å². The fourth-order valence-electron chi connectivity index (χ4n) is 1.92. The number of anilines is 1. The Bertz CT molecular complexity index is 869. The molecule has 21 heavy (non-hydrogen) atoms. The molecule has 1 N–H and O–H groups in total. The van der Waals surface area contributed by atoms with Crippen LogP contribution >= 0.6 is 11.3 Å². The van der Waals surface area contributed by atoms with Gasteiger partial charge in [-0.1, -0.05) is 12.1 Å². The second kappa shape index (κ2) is 5.37. The number of amides is 1. The number of methoxy groups -OCH3 is 1. The van der Waals surface area contributed by atoms with Gasteiger partial charge < -0.3 is 10.1 Å². The largest absolute Gasteiger partial charge is 0.495 e. The van der Waals surface area contributed by atoms with Crippen LogP contribution in [-0.4, -0.2) is 22.4 Å². The number of hydrogen-bond donors (Lipinski definition) is 1. The highest BCUT2D eigenvalue weighted by Crippen LogP contribution is 2.23. The smallest absolute Gasteiger partial charge is 0.271 e. The van der Waals surface area contributed by atoms with Gasteiger partial charge in [-0.3, -0.25) is 14.0 Å². The lowest BCUT2D eigenvalue weighted by Gasteiger charge is -2.09. The van der Waals surface area contributed by atoms with Crippen LogP contribution in [0, 0.1) is 0 Å². The third-order valence-corrected chi connectivity index (χ3v) is 3.71. The lowest BCUT2D eigenvalue weighted by atomic mass is 10.2. The van der Waals surface area contributed by atoms with E-state index in [0.29, 0.717) is 16.4 Å². The maximum absolute atomic E-state index is 12.3. The first-order valence-corrected chi connectivity index (χ1v) is 6.98. The molecule has 0 spiro atoms. The highest BCUT2D eigenvalue weighted by Gasteiger charge is 2.15. The van der Waals surface area contributed by atoms with Crippen LogP contribution in [-0.2, 0) is 0 Å². The van der Waals surface area contributed by atoms with Crippen molar-refractivity contribution in [3.63, 3.8) is 0 Å². The number of nitrogens with zero attached hydrogens (tertiary/aromatic N) is 2. The van der Waals surface area contributed by atoms with Gasteiger partial charge in [0.05, 0.1) is 12.8 Å². The summed E-state index contributed by atoms with van der Waals surface area (Å²) in [5, 5.41) is 4.40. The Labute approximate surface area is 123 Å². The van der Waals surface area contributed by atoms with Crippen molar-refractivity contribution in [2.75, 3.05) is 12.4 Å². The summed E-state index contributed by atoms with van der Waals surface area (Å²) in [5.41, 5.74) is 0.0882. The van der Waals surface area contributed by atoms with Crippen LogP contribution in [0.2, 0.25) is 0 Å². The Kier molecular flexibility index (Phi) is 3.41. The van der Waals surface area contributed by atoms with E-state index in [0.717, 1.165) is 0 Å². The fourth-order valence-corrected chi connectivity index (χ4v) is 2.59. The third kappa shape index (κ3) is 2.38. The summed E-state index contributed by atoms with van der Waals surface area (Å²) in [6.45, 7) is 0. The summed E-state index contributed by atoms with van der Waals surface area (Å²) in [5.74, 6) is 0.00752. The maximum atomic E-state index is 12.3. The van der Waals surface area contributed by atoms with Gasteiger partial charge in [0.2, 0.25) is 0 Å². The molecule has 0 fully saturated rings. The molecule has 0 unspecified atom stereocenters. The molecule has 0 aliphatic heterocycles. The zero-order valence-electron chi connectivity index (χ0n) is 11.1. The molecular formula is C14H11N3O3S. The molecule has 6 nitrogen and oxygen atoms in total. The SMILES string of the molecule is COc1ccccc1NC(=O)c1cnc2sccn2c1=O. The van der Waals surface area contributed by atoms with Crippen LogP contribution in [0.3, 0.4) is 0 Å². The van der Waals surface area contributed by atoms with E-state index in [2.05, 4.69) is 10.3 Å². The first-order valence-electron chi connectivity index (χ1n) is 6.10. The molecule has 3 rings (SSSR count). The summed E-state index contributed by atoms with van der Waals surface area (Å²) in [6, 6.07) is 6.99. The Morgan fingerprint density at radius 1 is 1.38 bits per heavy atom. The molecule has 0 atom stereocenters. The number of hydrogen-bond acceptors (Lipinski definition) is 5. The number of para-hydroxylation sites is 2. The molecule has 0 bridgehead atoms. The van der Waals surface area contributed by atoms with Gasteiger partial charge in [-0.15, -0.1) is 11.3 Å². The Balaban J connectivity index is 1.97. The van der Waals surface area contributed by atoms with Crippen molar-refractivity contribution in [3.8, 4) is 5.75 Å². The Hall–Kier alpha value is -2.67. The number of fused-ring (bicyclic) bond motifs is 1. The van der Waals surface area contributed by atoms with Crippen molar-refractivity contribution in [3.05, 3.63) is 58.0 Å². The fraction of sp³-hybridized carbons (Fsp3) is 0.0714. The van der Waals surface area contributed by atoms with E-state index >= 15 is 0 Å². The van der Waals surface area contributed by atoms with E-state index in [4.69, 9.17) is 4.74 Å². The monoisotopic (exact) mass is 301 g/mol. The van der Waals surface area contributed by atoms with Crippen molar-refractivity contribution >= 4 is 27.9 Å². The summed E-state index contributed by atoms with van der Waals surface area (Å²) < 4.78 is 6.51. The topological polar surface area (TPSA) is 72.7 Å². The highest BCUT2D eigenvalue weighted by molar-refractivity contribution is 7.15. The summed E-state index contributed by atoms with van der Waals surface area (Å²) in [6.07, 6.45) is 2.88. The molecule has 2 aromatic heterocycles. The quantitative estimate of drug-likeness (QED) is 0.803. The lowest BCUT2D eigenvalue weighted by Crippen LogP contribution is -2.25. The molecule has 0 radical (unpaired) electrons. The average molecular weight is 301 g/mol. The van der Waals surface area contributed by atoms with Gasteiger partial charge in [0.1, 0.15) is 11.3 Å². The van der Waals surface area contributed by atoms with E-state index in [1.54, 1.807) is 35.8 Å².